The van der Waals surface area contributed by atoms with E-state index in [1.54, 1.807) is 10.7 Å². The molecule has 7 heteroatoms. The van der Waals surface area contributed by atoms with Gasteiger partial charge in [-0.3, -0.25) is 0 Å². The van der Waals surface area contributed by atoms with Gasteiger partial charge in [-0.2, -0.15) is 18.3 Å². The minimum Gasteiger partial charge on any atom is -0.324 e. The molecule has 0 aliphatic heterocycles. The van der Waals surface area contributed by atoms with Crippen LogP contribution in [-0.4, -0.2) is 14.8 Å². The molecule has 1 aromatic heterocycles. The van der Waals surface area contributed by atoms with E-state index in [9.17, 15) is 13.2 Å². The normalized spacial score (nSPS) is 13.7. The van der Waals surface area contributed by atoms with E-state index in [-0.39, 0.29) is 18.0 Å². The van der Waals surface area contributed by atoms with E-state index in [0.29, 0.717) is 5.82 Å². The van der Waals surface area contributed by atoms with E-state index < -0.39 is 17.8 Å². The summed E-state index contributed by atoms with van der Waals surface area (Å²) in [6.45, 7) is 3.85. The maximum Gasteiger partial charge on any atom is 0.416 e. The molecule has 0 amide bonds. The summed E-state index contributed by atoms with van der Waals surface area (Å²) in [4.78, 5) is 4.09. The zero-order valence-corrected chi connectivity index (χ0v) is 11.8. The largest absolute Gasteiger partial charge is 0.416 e. The lowest BCUT2D eigenvalue weighted by Gasteiger charge is -2.18. The number of rotatable bonds is 4. The van der Waals surface area contributed by atoms with E-state index in [1.165, 1.54) is 18.5 Å². The lowest BCUT2D eigenvalue weighted by molar-refractivity contribution is -0.138. The first-order valence-electron chi connectivity index (χ1n) is 6.60. The van der Waals surface area contributed by atoms with Gasteiger partial charge < -0.3 is 5.73 Å². The van der Waals surface area contributed by atoms with Crippen LogP contribution in [0.5, 0.6) is 0 Å². The summed E-state index contributed by atoms with van der Waals surface area (Å²) in [5.74, 6) is 0.578. The first-order valence-corrected chi connectivity index (χ1v) is 6.60. The Bertz CT molecular complexity index is 604. The highest BCUT2D eigenvalue weighted by molar-refractivity contribution is 5.32. The third-order valence-corrected chi connectivity index (χ3v) is 3.20. The lowest BCUT2D eigenvalue weighted by atomic mass is 9.98. The van der Waals surface area contributed by atoms with Crippen molar-refractivity contribution in [2.24, 2.45) is 5.73 Å². The number of alkyl halides is 3. The van der Waals surface area contributed by atoms with Crippen molar-refractivity contribution < 1.29 is 13.2 Å². The molecule has 0 saturated carbocycles. The fourth-order valence-electron chi connectivity index (χ4n) is 2.24. The van der Waals surface area contributed by atoms with Gasteiger partial charge in [-0.15, -0.1) is 0 Å². The standard InChI is InChI=1S/C14H17F3N4/c1-9(2)21-13(19-8-20-21)7-12(18)10-5-3-4-6-11(10)14(15,16)17/h3-6,8-9,12H,7,18H2,1-2H3. The number of hydrogen-bond donors (Lipinski definition) is 1. The Labute approximate surface area is 120 Å². The van der Waals surface area contributed by atoms with Crippen LogP contribution in [-0.2, 0) is 12.6 Å². The van der Waals surface area contributed by atoms with Gasteiger partial charge in [-0.1, -0.05) is 18.2 Å². The third kappa shape index (κ3) is 3.41. The molecule has 2 rings (SSSR count). The van der Waals surface area contributed by atoms with Crippen LogP contribution < -0.4 is 5.73 Å². The van der Waals surface area contributed by atoms with E-state index in [2.05, 4.69) is 10.1 Å². The van der Waals surface area contributed by atoms with Crippen LogP contribution >= 0.6 is 0 Å². The SMILES string of the molecule is CC(C)n1ncnc1CC(N)c1ccccc1C(F)(F)F. The molecular weight excluding hydrogens is 281 g/mol. The molecular formula is C14H17F3N4. The summed E-state index contributed by atoms with van der Waals surface area (Å²) in [5.41, 5.74) is 5.34. The topological polar surface area (TPSA) is 56.7 Å². The molecule has 1 atom stereocenters. The average molecular weight is 298 g/mol. The summed E-state index contributed by atoms with van der Waals surface area (Å²) in [7, 11) is 0. The maximum absolute atomic E-state index is 13.0. The molecule has 4 nitrogen and oxygen atoms in total. The predicted molar refractivity (Wildman–Crippen MR) is 72.5 cm³/mol. The van der Waals surface area contributed by atoms with Gasteiger partial charge >= 0.3 is 6.18 Å². The Morgan fingerprint density at radius 1 is 1.24 bits per heavy atom. The van der Waals surface area contributed by atoms with E-state index >= 15 is 0 Å². The number of aromatic nitrogens is 3. The van der Waals surface area contributed by atoms with Crippen LogP contribution in [0.4, 0.5) is 13.2 Å². The van der Waals surface area contributed by atoms with Crippen LogP contribution in [0.3, 0.4) is 0 Å². The van der Waals surface area contributed by atoms with Crippen molar-refractivity contribution in [1.29, 1.82) is 0 Å². The molecule has 1 aromatic carbocycles. The van der Waals surface area contributed by atoms with Crippen LogP contribution in [0.25, 0.3) is 0 Å². The molecule has 2 aromatic rings. The summed E-state index contributed by atoms with van der Waals surface area (Å²) in [6.07, 6.45) is -2.83. The minimum absolute atomic E-state index is 0.0725. The van der Waals surface area contributed by atoms with Crippen LogP contribution in [0, 0.1) is 0 Å². The fraction of sp³-hybridized carbons (Fsp3) is 0.429. The highest BCUT2D eigenvalue weighted by Gasteiger charge is 2.34. The van der Waals surface area contributed by atoms with Gasteiger partial charge in [-0.25, -0.2) is 9.67 Å². The quantitative estimate of drug-likeness (QED) is 0.943. The molecule has 2 N–H and O–H groups in total. The second kappa shape index (κ2) is 5.85. The molecule has 1 unspecified atom stereocenters. The molecule has 0 spiro atoms. The van der Waals surface area contributed by atoms with Crippen molar-refractivity contribution in [2.75, 3.05) is 0 Å². The smallest absolute Gasteiger partial charge is 0.324 e. The second-order valence-corrected chi connectivity index (χ2v) is 5.11. The lowest BCUT2D eigenvalue weighted by Crippen LogP contribution is -2.21. The van der Waals surface area contributed by atoms with Crippen molar-refractivity contribution in [3.8, 4) is 0 Å². The second-order valence-electron chi connectivity index (χ2n) is 5.11. The Morgan fingerprint density at radius 3 is 2.52 bits per heavy atom. The number of hydrogen-bond acceptors (Lipinski definition) is 3. The molecule has 1 heterocycles. The summed E-state index contributed by atoms with van der Waals surface area (Å²) < 4.78 is 40.7. The number of nitrogens with zero attached hydrogens (tertiary/aromatic N) is 3. The molecule has 0 radical (unpaired) electrons. The zero-order chi connectivity index (χ0) is 15.6. The highest BCUT2D eigenvalue weighted by Crippen LogP contribution is 2.34. The molecule has 114 valence electrons. The number of benzene rings is 1. The van der Waals surface area contributed by atoms with E-state index in [0.717, 1.165) is 6.07 Å². The van der Waals surface area contributed by atoms with Gasteiger partial charge in [0.15, 0.2) is 0 Å². The summed E-state index contributed by atoms with van der Waals surface area (Å²) in [6, 6.07) is 4.65. The third-order valence-electron chi connectivity index (χ3n) is 3.20. The first kappa shape index (κ1) is 15.5. The molecule has 0 bridgehead atoms. The fourth-order valence-corrected chi connectivity index (χ4v) is 2.24. The van der Waals surface area contributed by atoms with Crippen molar-refractivity contribution >= 4 is 0 Å². The monoisotopic (exact) mass is 298 g/mol. The van der Waals surface area contributed by atoms with Crippen LogP contribution in [0.2, 0.25) is 0 Å². The Kier molecular flexibility index (Phi) is 4.32. The summed E-state index contributed by atoms with van der Waals surface area (Å²) in [5, 5.41) is 4.06. The molecule has 0 fully saturated rings. The van der Waals surface area contributed by atoms with Gasteiger partial charge in [0.1, 0.15) is 12.2 Å². The molecule has 0 aliphatic rings. The van der Waals surface area contributed by atoms with Crippen molar-refractivity contribution in [1.82, 2.24) is 14.8 Å². The van der Waals surface area contributed by atoms with Crippen LogP contribution in [0.15, 0.2) is 30.6 Å². The Morgan fingerprint density at radius 2 is 1.90 bits per heavy atom. The van der Waals surface area contributed by atoms with Gasteiger partial charge in [-0.05, 0) is 25.5 Å². The van der Waals surface area contributed by atoms with Crippen LogP contribution in [0.1, 0.15) is 42.9 Å². The maximum atomic E-state index is 13.0. The molecule has 0 saturated heterocycles. The average Bonchev–Trinajstić information content (AvgIpc) is 2.86. The van der Waals surface area contributed by atoms with Crippen molar-refractivity contribution in [3.63, 3.8) is 0 Å². The van der Waals surface area contributed by atoms with Gasteiger partial charge in [0.25, 0.3) is 0 Å². The van der Waals surface area contributed by atoms with Gasteiger partial charge in [0, 0.05) is 18.5 Å². The number of halogens is 3. The highest BCUT2D eigenvalue weighted by atomic mass is 19.4. The minimum atomic E-state index is -4.42. The van der Waals surface area contributed by atoms with E-state index in [1.807, 2.05) is 13.8 Å². The first-order chi connectivity index (χ1) is 9.80. The molecule has 21 heavy (non-hydrogen) atoms. The van der Waals surface area contributed by atoms with Gasteiger partial charge in [0.05, 0.1) is 5.56 Å². The Hall–Kier alpha value is -1.89. The zero-order valence-electron chi connectivity index (χ0n) is 11.8. The Balaban J connectivity index is 2.29. The molecule has 0 aliphatic carbocycles. The summed E-state index contributed by atoms with van der Waals surface area (Å²) >= 11 is 0. The van der Waals surface area contributed by atoms with Gasteiger partial charge in [0.2, 0.25) is 0 Å². The number of nitrogens with two attached hydrogens (primary N) is 1. The predicted octanol–water partition coefficient (Wildman–Crippen LogP) is 3.12. The van der Waals surface area contributed by atoms with E-state index in [4.69, 9.17) is 5.73 Å². The van der Waals surface area contributed by atoms with Crippen molar-refractivity contribution in [3.05, 3.63) is 47.5 Å². The van der Waals surface area contributed by atoms with Crippen molar-refractivity contribution in [2.45, 2.75) is 38.5 Å².